The van der Waals surface area contributed by atoms with Crippen LogP contribution in [0.2, 0.25) is 0 Å². The minimum atomic E-state index is -0.998. The van der Waals surface area contributed by atoms with Crippen LogP contribution in [0.1, 0.15) is 32.1 Å². The monoisotopic (exact) mass is 277 g/mol. The molecule has 1 fully saturated rings. The molecule has 2 N–H and O–H groups in total. The summed E-state index contributed by atoms with van der Waals surface area (Å²) in [4.78, 5) is 23.1. The largest absolute Gasteiger partial charge is 0.480 e. The Balaban J connectivity index is 1.93. The van der Waals surface area contributed by atoms with Gasteiger partial charge in [-0.1, -0.05) is 37.5 Å². The molecule has 108 valence electrons. The third kappa shape index (κ3) is 3.98. The van der Waals surface area contributed by atoms with Gasteiger partial charge in [0.2, 0.25) is 0 Å². The second kappa shape index (κ2) is 6.93. The van der Waals surface area contributed by atoms with E-state index in [0.717, 1.165) is 32.1 Å². The van der Waals surface area contributed by atoms with E-state index in [1.54, 1.807) is 24.3 Å². The summed E-state index contributed by atoms with van der Waals surface area (Å²) in [5.74, 6) is -0.607. The molecule has 0 saturated heterocycles. The molecule has 1 amide bonds. The Kier molecular flexibility index (Phi) is 4.98. The Labute approximate surface area is 117 Å². The highest BCUT2D eigenvalue weighted by Gasteiger charge is 2.31. The molecule has 0 aromatic heterocycles. The number of nitrogens with one attached hydrogen (secondary N) is 1. The summed E-state index contributed by atoms with van der Waals surface area (Å²) in [6, 6.07) is 7.74. The topological polar surface area (TPSA) is 75.6 Å². The first-order valence-electron chi connectivity index (χ1n) is 6.93. The summed E-state index contributed by atoms with van der Waals surface area (Å²) in [6.07, 6.45) is 4.13. The third-order valence-electron chi connectivity index (χ3n) is 3.61. The molecule has 1 aliphatic carbocycles. The molecule has 0 heterocycles. The average Bonchev–Trinajstić information content (AvgIpc) is 2.46. The maximum absolute atomic E-state index is 11.8. The number of para-hydroxylation sites is 1. The number of amides is 1. The van der Waals surface area contributed by atoms with Gasteiger partial charge in [0.05, 0.1) is 0 Å². The lowest BCUT2D eigenvalue weighted by Gasteiger charge is -2.27. The Morgan fingerprint density at radius 2 is 1.80 bits per heavy atom. The van der Waals surface area contributed by atoms with E-state index in [9.17, 15) is 14.7 Å². The smallest absolute Gasteiger partial charge is 0.413 e. The highest BCUT2D eigenvalue weighted by atomic mass is 16.6. The number of carbonyl (C=O) groups is 2. The van der Waals surface area contributed by atoms with Gasteiger partial charge >= 0.3 is 12.1 Å². The van der Waals surface area contributed by atoms with Crippen molar-refractivity contribution in [3.8, 4) is 5.75 Å². The molecular weight excluding hydrogens is 258 g/mol. The highest BCUT2D eigenvalue weighted by Crippen LogP contribution is 2.26. The molecule has 0 spiro atoms. The van der Waals surface area contributed by atoms with Crippen LogP contribution in [0, 0.1) is 5.92 Å². The van der Waals surface area contributed by atoms with Gasteiger partial charge in [0.1, 0.15) is 11.8 Å². The molecule has 0 unspecified atom stereocenters. The zero-order valence-corrected chi connectivity index (χ0v) is 11.2. The van der Waals surface area contributed by atoms with E-state index in [4.69, 9.17) is 4.74 Å². The van der Waals surface area contributed by atoms with Crippen molar-refractivity contribution in [1.29, 1.82) is 0 Å². The van der Waals surface area contributed by atoms with Gasteiger partial charge in [-0.05, 0) is 30.9 Å². The first kappa shape index (κ1) is 14.4. The number of hydrogen-bond acceptors (Lipinski definition) is 3. The fourth-order valence-corrected chi connectivity index (χ4v) is 2.60. The van der Waals surface area contributed by atoms with Gasteiger partial charge in [-0.3, -0.25) is 0 Å². The number of hydrogen-bond donors (Lipinski definition) is 2. The second-order valence-corrected chi connectivity index (χ2v) is 5.06. The Bertz CT molecular complexity index is 454. The van der Waals surface area contributed by atoms with Crippen molar-refractivity contribution in [2.45, 2.75) is 38.1 Å². The molecule has 5 heteroatoms. The standard InChI is InChI=1S/C15H19NO4/c17-14(18)13(11-7-3-1-4-8-11)16-15(19)20-12-9-5-2-6-10-12/h2,5-6,9-11,13H,1,3-4,7-8H2,(H,16,19)(H,17,18)/t13-/m0/s1. The fraction of sp³-hybridized carbons (Fsp3) is 0.467. The lowest BCUT2D eigenvalue weighted by atomic mass is 9.84. The first-order chi connectivity index (χ1) is 9.66. The molecule has 1 aliphatic rings. The lowest BCUT2D eigenvalue weighted by molar-refractivity contribution is -0.141. The van der Waals surface area contributed by atoms with Crippen LogP contribution in [0.3, 0.4) is 0 Å². The lowest BCUT2D eigenvalue weighted by Crippen LogP contribution is -2.47. The van der Waals surface area contributed by atoms with Crippen molar-refractivity contribution in [3.05, 3.63) is 30.3 Å². The Hall–Kier alpha value is -2.04. The number of aliphatic carboxylic acids is 1. The summed E-state index contributed by atoms with van der Waals surface area (Å²) in [5, 5.41) is 11.7. The van der Waals surface area contributed by atoms with Crippen LogP contribution in [0.5, 0.6) is 5.75 Å². The van der Waals surface area contributed by atoms with Crippen LogP contribution in [-0.2, 0) is 4.79 Å². The number of carbonyl (C=O) groups excluding carboxylic acids is 1. The third-order valence-corrected chi connectivity index (χ3v) is 3.61. The molecular formula is C15H19NO4. The van der Waals surface area contributed by atoms with Crippen molar-refractivity contribution in [3.63, 3.8) is 0 Å². The number of benzene rings is 1. The van der Waals surface area contributed by atoms with E-state index >= 15 is 0 Å². The summed E-state index contributed by atoms with van der Waals surface area (Å²) >= 11 is 0. The molecule has 2 rings (SSSR count). The molecule has 1 aromatic carbocycles. The quantitative estimate of drug-likeness (QED) is 0.887. The van der Waals surface area contributed by atoms with Gasteiger partial charge in [-0.25, -0.2) is 9.59 Å². The van der Waals surface area contributed by atoms with Crippen LogP contribution in [0.15, 0.2) is 30.3 Å². The van der Waals surface area contributed by atoms with Gasteiger partial charge in [-0.15, -0.1) is 0 Å². The van der Waals surface area contributed by atoms with Crippen molar-refractivity contribution in [1.82, 2.24) is 5.32 Å². The van der Waals surface area contributed by atoms with Crippen molar-refractivity contribution < 1.29 is 19.4 Å². The second-order valence-electron chi connectivity index (χ2n) is 5.06. The molecule has 5 nitrogen and oxygen atoms in total. The number of ether oxygens (including phenoxy) is 1. The number of rotatable bonds is 4. The zero-order valence-electron chi connectivity index (χ0n) is 11.2. The first-order valence-corrected chi connectivity index (χ1v) is 6.93. The van der Waals surface area contributed by atoms with E-state index in [2.05, 4.69) is 5.32 Å². The van der Waals surface area contributed by atoms with Gasteiger partial charge < -0.3 is 15.2 Å². The molecule has 1 atom stereocenters. The highest BCUT2D eigenvalue weighted by molar-refractivity contribution is 5.81. The Morgan fingerprint density at radius 3 is 2.40 bits per heavy atom. The van der Waals surface area contributed by atoms with Gasteiger partial charge in [0.25, 0.3) is 0 Å². The van der Waals surface area contributed by atoms with Crippen molar-refractivity contribution >= 4 is 12.1 Å². The average molecular weight is 277 g/mol. The van der Waals surface area contributed by atoms with Crippen molar-refractivity contribution in [2.75, 3.05) is 0 Å². The van der Waals surface area contributed by atoms with E-state index in [1.807, 2.05) is 6.07 Å². The van der Waals surface area contributed by atoms with Crippen LogP contribution < -0.4 is 10.1 Å². The van der Waals surface area contributed by atoms with Gasteiger partial charge in [-0.2, -0.15) is 0 Å². The predicted molar refractivity (Wildman–Crippen MR) is 73.6 cm³/mol. The number of carboxylic acids is 1. The summed E-state index contributed by atoms with van der Waals surface area (Å²) in [5.41, 5.74) is 0. The van der Waals surface area contributed by atoms with Crippen molar-refractivity contribution in [2.24, 2.45) is 5.92 Å². The maximum atomic E-state index is 11.8. The van der Waals surface area contributed by atoms with Crippen LogP contribution in [-0.4, -0.2) is 23.2 Å². The summed E-state index contributed by atoms with van der Waals surface area (Å²) in [7, 11) is 0. The van der Waals surface area contributed by atoms with Crippen LogP contribution in [0.4, 0.5) is 4.79 Å². The molecule has 0 aliphatic heterocycles. The fourth-order valence-electron chi connectivity index (χ4n) is 2.60. The SMILES string of the molecule is O=C(N[C@H](C(=O)O)C1CCCCC1)Oc1ccccc1. The van der Waals surface area contributed by atoms with E-state index < -0.39 is 18.1 Å². The van der Waals surface area contributed by atoms with Gasteiger partial charge in [0, 0.05) is 0 Å². The molecule has 20 heavy (non-hydrogen) atoms. The molecule has 0 bridgehead atoms. The van der Waals surface area contributed by atoms with E-state index in [-0.39, 0.29) is 5.92 Å². The molecule has 0 radical (unpaired) electrons. The minimum absolute atomic E-state index is 0.00965. The van der Waals surface area contributed by atoms with Crippen LogP contribution in [0.25, 0.3) is 0 Å². The van der Waals surface area contributed by atoms with E-state index in [1.165, 1.54) is 0 Å². The molecule has 1 aromatic rings. The van der Waals surface area contributed by atoms with Crippen LogP contribution >= 0.6 is 0 Å². The summed E-state index contributed by atoms with van der Waals surface area (Å²) < 4.78 is 5.07. The maximum Gasteiger partial charge on any atom is 0.413 e. The van der Waals surface area contributed by atoms with E-state index in [0.29, 0.717) is 5.75 Å². The minimum Gasteiger partial charge on any atom is -0.480 e. The number of carboxylic acid groups (broad SMARTS) is 1. The zero-order chi connectivity index (χ0) is 14.4. The normalized spacial score (nSPS) is 17.2. The summed E-state index contributed by atoms with van der Waals surface area (Å²) in [6.45, 7) is 0. The predicted octanol–water partition coefficient (Wildman–Crippen LogP) is 2.81. The molecule has 1 saturated carbocycles. The van der Waals surface area contributed by atoms with Gasteiger partial charge in [0.15, 0.2) is 0 Å². The Morgan fingerprint density at radius 1 is 1.15 bits per heavy atom.